The SMILES string of the molecule is CCC(C)C(=O)OC1C[C@@]2(C)[C@H](c3ccoc3)OC(=O)C[C@]23OC2(C)OC14[C@@]1(C)C5CC(C)(C(OC(=O)C6(C)OC6C)[C@]5(O)[C@@H](OC(=O)C(C)C)[C@@]43O2)[C@@H]1CC(=O)OC. The first-order valence-electron chi connectivity index (χ1n) is 20.9. The molecule has 324 valence electrons. The Bertz CT molecular complexity index is 2020. The van der Waals surface area contributed by atoms with Gasteiger partial charge in [0, 0.05) is 41.1 Å². The van der Waals surface area contributed by atoms with Gasteiger partial charge in [-0.3, -0.25) is 19.2 Å². The van der Waals surface area contributed by atoms with Crippen LogP contribution in [0.2, 0.25) is 0 Å². The molecule has 4 saturated carbocycles. The van der Waals surface area contributed by atoms with E-state index in [1.54, 1.807) is 47.6 Å². The Morgan fingerprint density at radius 1 is 0.932 bits per heavy atom. The van der Waals surface area contributed by atoms with E-state index < -0.39 is 141 Å². The van der Waals surface area contributed by atoms with Gasteiger partial charge in [-0.15, -0.1) is 0 Å². The van der Waals surface area contributed by atoms with Gasteiger partial charge in [-0.05, 0) is 45.1 Å². The van der Waals surface area contributed by atoms with Gasteiger partial charge in [-0.25, -0.2) is 4.79 Å². The van der Waals surface area contributed by atoms with Crippen LogP contribution in [-0.4, -0.2) is 100 Å². The summed E-state index contributed by atoms with van der Waals surface area (Å²) >= 11 is 0. The number of hydrogen-bond acceptors (Lipinski definition) is 16. The summed E-state index contributed by atoms with van der Waals surface area (Å²) in [6, 6.07) is 1.66. The molecule has 0 radical (unpaired) electrons. The molecule has 17 atom stereocenters. The molecule has 1 N–H and O–H groups in total. The van der Waals surface area contributed by atoms with Gasteiger partial charge in [0.05, 0.1) is 44.0 Å². The summed E-state index contributed by atoms with van der Waals surface area (Å²) in [5, 5.41) is 14.1. The molecule has 0 amide bonds. The van der Waals surface area contributed by atoms with Crippen LogP contribution in [0, 0.1) is 39.9 Å². The third-order valence-electron chi connectivity index (χ3n) is 16.7. The number of hydrogen-bond donors (Lipinski definition) is 1. The van der Waals surface area contributed by atoms with Gasteiger partial charge in [0.25, 0.3) is 5.97 Å². The van der Waals surface area contributed by atoms with E-state index in [1.165, 1.54) is 19.6 Å². The minimum Gasteiger partial charge on any atom is -0.472 e. The third-order valence-corrected chi connectivity index (χ3v) is 16.7. The van der Waals surface area contributed by atoms with Crippen LogP contribution in [-0.2, 0) is 66.6 Å². The van der Waals surface area contributed by atoms with Crippen LogP contribution < -0.4 is 0 Å². The topological polar surface area (TPSA) is 205 Å². The van der Waals surface area contributed by atoms with Crippen molar-refractivity contribution in [2.75, 3.05) is 7.11 Å². The minimum absolute atomic E-state index is 0.0290. The van der Waals surface area contributed by atoms with Gasteiger partial charge in [-0.2, -0.15) is 0 Å². The van der Waals surface area contributed by atoms with Crippen molar-refractivity contribution < 1.29 is 76.1 Å². The number of fused-ring (bicyclic) bond motifs is 2. The van der Waals surface area contributed by atoms with Crippen LogP contribution >= 0.6 is 0 Å². The summed E-state index contributed by atoms with van der Waals surface area (Å²) in [5.74, 6) is -8.40. The van der Waals surface area contributed by atoms with E-state index in [0.717, 1.165) is 0 Å². The highest BCUT2D eigenvalue weighted by Crippen LogP contribution is 2.88. The number of cyclic esters (lactones) is 1. The summed E-state index contributed by atoms with van der Waals surface area (Å²) in [6.07, 6.45) is -3.32. The van der Waals surface area contributed by atoms with Crippen molar-refractivity contribution in [3.05, 3.63) is 24.2 Å². The summed E-state index contributed by atoms with van der Waals surface area (Å²) in [6.45, 7) is 17.3. The second-order valence-corrected chi connectivity index (χ2v) is 19.8. The Morgan fingerprint density at radius 3 is 2.20 bits per heavy atom. The van der Waals surface area contributed by atoms with Crippen LogP contribution in [0.5, 0.6) is 0 Å². The monoisotopic (exact) mass is 828 g/mol. The highest BCUT2D eigenvalue weighted by atomic mass is 17.0. The fourth-order valence-electron chi connectivity index (χ4n) is 13.7. The molecular weight excluding hydrogens is 772 g/mol. The number of methoxy groups -OCH3 is 1. The lowest BCUT2D eigenvalue weighted by Crippen LogP contribution is -2.96. The van der Waals surface area contributed by atoms with E-state index in [1.807, 2.05) is 27.7 Å². The van der Waals surface area contributed by atoms with Crippen LogP contribution in [0.3, 0.4) is 0 Å². The molecule has 5 heterocycles. The number of epoxide rings is 1. The van der Waals surface area contributed by atoms with Crippen LogP contribution in [0.15, 0.2) is 23.0 Å². The van der Waals surface area contributed by atoms with Crippen molar-refractivity contribution in [3.63, 3.8) is 0 Å². The number of carbonyl (C=O) groups excluding carboxylic acids is 5. The van der Waals surface area contributed by atoms with E-state index in [4.69, 9.17) is 47.0 Å². The largest absolute Gasteiger partial charge is 0.472 e. The Hall–Kier alpha value is -3.57. The molecule has 16 nitrogen and oxygen atoms in total. The minimum atomic E-state index is -2.29. The number of esters is 5. The van der Waals surface area contributed by atoms with Crippen LogP contribution in [0.25, 0.3) is 0 Å². The van der Waals surface area contributed by atoms with Gasteiger partial charge < -0.3 is 52.2 Å². The molecule has 8 fully saturated rings. The van der Waals surface area contributed by atoms with E-state index in [0.29, 0.717) is 12.0 Å². The van der Waals surface area contributed by atoms with E-state index in [9.17, 15) is 29.1 Å². The molecule has 2 spiro atoms. The van der Waals surface area contributed by atoms with Crippen molar-refractivity contribution in [2.24, 2.45) is 39.9 Å². The van der Waals surface area contributed by atoms with Crippen molar-refractivity contribution in [3.8, 4) is 0 Å². The second-order valence-electron chi connectivity index (χ2n) is 19.8. The highest BCUT2D eigenvalue weighted by Gasteiger charge is 3.04. The number of aliphatic hydroxyl groups is 1. The molecular formula is C43H56O16. The first-order chi connectivity index (χ1) is 27.5. The normalized spacial score (nSPS) is 51.0. The molecule has 1 aromatic rings. The zero-order valence-corrected chi connectivity index (χ0v) is 35.5. The molecule has 4 bridgehead atoms. The fourth-order valence-corrected chi connectivity index (χ4v) is 13.7. The predicted molar refractivity (Wildman–Crippen MR) is 197 cm³/mol. The average molecular weight is 829 g/mol. The van der Waals surface area contributed by atoms with Gasteiger partial charge in [0.15, 0.2) is 22.9 Å². The van der Waals surface area contributed by atoms with Crippen molar-refractivity contribution in [1.82, 2.24) is 0 Å². The lowest BCUT2D eigenvalue weighted by atomic mass is 9.32. The zero-order valence-electron chi connectivity index (χ0n) is 35.5. The van der Waals surface area contributed by atoms with Gasteiger partial charge >= 0.3 is 29.8 Å². The maximum absolute atomic E-state index is 14.3. The summed E-state index contributed by atoms with van der Waals surface area (Å²) in [4.78, 5) is 71.0. The number of furan rings is 1. The second kappa shape index (κ2) is 12.1. The predicted octanol–water partition coefficient (Wildman–Crippen LogP) is 4.23. The van der Waals surface area contributed by atoms with Crippen LogP contribution in [0.4, 0.5) is 0 Å². The van der Waals surface area contributed by atoms with Gasteiger partial charge in [0.1, 0.15) is 29.5 Å². The molecule has 16 heteroatoms. The van der Waals surface area contributed by atoms with Gasteiger partial charge in [0.2, 0.25) is 0 Å². The standard InChI is InChI=1S/C43H56O16/c1-12-21(4)31(47)52-26-17-36(7)29(23-13-14-51-19-23)53-28(45)18-40(36)43-33(54-30(46)20(2)3)41(49)25-16-35(6,32(41)55-34(48)38(9)22(5)56-38)24(15-27(44)50-11)37(25,8)42(26,43)58-39(10,57-40)59-43/h13-14,19-22,24-26,29,32-33,49H,12,15-18H2,1-11H3/t21?,22?,24-,25?,26?,29-,32?,33+,35?,36-,37+,38?,39?,40-,41-,42?,43-/m0/s1. The smallest absolute Gasteiger partial charge is 0.341 e. The Morgan fingerprint density at radius 2 is 1.61 bits per heavy atom. The summed E-state index contributed by atoms with van der Waals surface area (Å²) in [5.41, 5.74) is -13.2. The maximum atomic E-state index is 14.3. The molecule has 4 aliphatic heterocycles. The average Bonchev–Trinajstić information content (AvgIpc) is 3.67. The number of ether oxygens (including phenoxy) is 9. The van der Waals surface area contributed by atoms with Crippen molar-refractivity contribution >= 4 is 29.8 Å². The number of rotatable bonds is 10. The van der Waals surface area contributed by atoms with Crippen molar-refractivity contribution in [2.45, 2.75) is 166 Å². The van der Waals surface area contributed by atoms with Crippen molar-refractivity contribution in [1.29, 1.82) is 0 Å². The zero-order chi connectivity index (χ0) is 42.9. The third kappa shape index (κ3) is 4.45. The first kappa shape index (κ1) is 40.8. The lowest BCUT2D eigenvalue weighted by molar-refractivity contribution is -0.464. The maximum Gasteiger partial charge on any atom is 0.341 e. The Labute approximate surface area is 342 Å². The molecule has 0 aromatic carbocycles. The molecule has 1 aromatic heterocycles. The molecule has 9 unspecified atom stereocenters. The highest BCUT2D eigenvalue weighted by molar-refractivity contribution is 5.83. The summed E-state index contributed by atoms with van der Waals surface area (Å²) < 4.78 is 64.3. The Kier molecular flexibility index (Phi) is 8.35. The quantitative estimate of drug-likeness (QED) is 0.199. The summed E-state index contributed by atoms with van der Waals surface area (Å²) in [7, 11) is 1.27. The van der Waals surface area contributed by atoms with E-state index in [2.05, 4.69) is 0 Å². The first-order valence-corrected chi connectivity index (χ1v) is 20.9. The molecule has 9 rings (SSSR count). The molecule has 4 saturated heterocycles. The number of carbonyl (C=O) groups is 5. The van der Waals surface area contributed by atoms with Crippen LogP contribution in [0.1, 0.15) is 113 Å². The van der Waals surface area contributed by atoms with Gasteiger partial charge in [-0.1, -0.05) is 48.5 Å². The Balaban J connectivity index is 1.39. The molecule has 59 heavy (non-hydrogen) atoms. The van der Waals surface area contributed by atoms with E-state index >= 15 is 0 Å². The molecule has 4 aliphatic carbocycles. The fraction of sp³-hybridized carbons (Fsp3) is 0.791. The van der Waals surface area contributed by atoms with E-state index in [-0.39, 0.29) is 19.3 Å². The lowest BCUT2D eigenvalue weighted by Gasteiger charge is -2.78. The molecule has 8 aliphatic rings.